The van der Waals surface area contributed by atoms with E-state index in [4.69, 9.17) is 4.42 Å². The van der Waals surface area contributed by atoms with Crippen LogP contribution in [0, 0.1) is 0 Å². The molecule has 1 aromatic heterocycles. The zero-order chi connectivity index (χ0) is 16.3. The number of amides is 1. The normalized spacial score (nSPS) is 19.0. The molecule has 1 saturated heterocycles. The number of piperidine rings is 1. The lowest BCUT2D eigenvalue weighted by molar-refractivity contribution is -0.134. The number of likely N-dealkylation sites (tertiary alicyclic amines) is 1. The fourth-order valence-corrected chi connectivity index (χ4v) is 3.18. The van der Waals surface area contributed by atoms with Crippen LogP contribution in [-0.2, 0) is 21.2 Å². The number of sulfone groups is 1. The largest absolute Gasteiger partial charge is 0.467 e. The molecule has 2 heterocycles. The summed E-state index contributed by atoms with van der Waals surface area (Å²) in [6.07, 6.45) is 4.36. The van der Waals surface area contributed by atoms with E-state index in [1.165, 1.54) is 6.92 Å². The number of carbonyl (C=O) groups is 1. The van der Waals surface area contributed by atoms with Gasteiger partial charge < -0.3 is 14.2 Å². The molecule has 0 aromatic carbocycles. The van der Waals surface area contributed by atoms with E-state index in [1.54, 1.807) is 23.3 Å². The molecule has 2 rings (SSSR count). The minimum absolute atomic E-state index is 0.0537. The molecule has 0 spiro atoms. The molecule has 22 heavy (non-hydrogen) atoms. The van der Waals surface area contributed by atoms with Gasteiger partial charge in [-0.15, -0.1) is 0 Å². The number of hydrogen-bond donors (Lipinski definition) is 0. The average Bonchev–Trinajstić information content (AvgIpc) is 2.96. The third-order valence-electron chi connectivity index (χ3n) is 4.31. The van der Waals surface area contributed by atoms with Gasteiger partial charge >= 0.3 is 0 Å². The summed E-state index contributed by atoms with van der Waals surface area (Å²) in [7, 11) is -1.36. The van der Waals surface area contributed by atoms with Gasteiger partial charge in [-0.2, -0.15) is 0 Å². The molecule has 1 aromatic rings. The van der Waals surface area contributed by atoms with Crippen molar-refractivity contribution in [2.75, 3.05) is 26.4 Å². The van der Waals surface area contributed by atoms with Crippen LogP contribution in [0.3, 0.4) is 0 Å². The molecule has 1 atom stereocenters. The summed E-state index contributed by atoms with van der Waals surface area (Å²) < 4.78 is 28.8. The van der Waals surface area contributed by atoms with Crippen LogP contribution >= 0.6 is 0 Å². The van der Waals surface area contributed by atoms with Crippen molar-refractivity contribution in [1.29, 1.82) is 0 Å². The van der Waals surface area contributed by atoms with E-state index >= 15 is 0 Å². The first-order valence-corrected chi connectivity index (χ1v) is 9.44. The van der Waals surface area contributed by atoms with Crippen LogP contribution in [0.4, 0.5) is 0 Å². The Morgan fingerprint density at radius 3 is 2.59 bits per heavy atom. The van der Waals surface area contributed by atoms with Gasteiger partial charge in [0, 0.05) is 12.3 Å². The predicted molar refractivity (Wildman–Crippen MR) is 84.1 cm³/mol. The first kappa shape index (κ1) is 17.0. The Morgan fingerprint density at radius 2 is 2.09 bits per heavy atom. The fraction of sp³-hybridized carbons (Fsp3) is 0.667. The second-order valence-corrected chi connectivity index (χ2v) is 8.42. The van der Waals surface area contributed by atoms with Gasteiger partial charge in [0.2, 0.25) is 5.91 Å². The average molecular weight is 328 g/mol. The Labute approximate surface area is 132 Å². The van der Waals surface area contributed by atoms with Crippen LogP contribution in [0.1, 0.15) is 25.5 Å². The van der Waals surface area contributed by atoms with E-state index in [1.807, 2.05) is 7.05 Å². The van der Waals surface area contributed by atoms with Gasteiger partial charge in [0.05, 0.1) is 12.8 Å². The van der Waals surface area contributed by atoms with Crippen molar-refractivity contribution in [2.45, 2.75) is 37.6 Å². The molecule has 0 radical (unpaired) electrons. The van der Waals surface area contributed by atoms with E-state index in [0.29, 0.717) is 12.3 Å². The van der Waals surface area contributed by atoms with E-state index in [-0.39, 0.29) is 11.9 Å². The third kappa shape index (κ3) is 4.10. The highest BCUT2D eigenvalue weighted by atomic mass is 32.2. The Kier molecular flexibility index (Phi) is 5.28. The molecule has 1 amide bonds. The van der Waals surface area contributed by atoms with Crippen LogP contribution in [-0.4, -0.2) is 61.8 Å². The smallest absolute Gasteiger partial charge is 0.241 e. The summed E-state index contributed by atoms with van der Waals surface area (Å²) in [6, 6.07) is 3.63. The summed E-state index contributed by atoms with van der Waals surface area (Å²) in [6.45, 7) is 3.58. The van der Waals surface area contributed by atoms with Crippen molar-refractivity contribution in [3.63, 3.8) is 0 Å². The van der Waals surface area contributed by atoms with Gasteiger partial charge in [-0.05, 0) is 52.0 Å². The summed E-state index contributed by atoms with van der Waals surface area (Å²) in [5, 5.41) is -1.03. The number of rotatable bonds is 5. The van der Waals surface area contributed by atoms with Crippen molar-refractivity contribution < 1.29 is 17.6 Å². The molecule has 0 unspecified atom stereocenters. The Bertz CT molecular complexity index is 589. The van der Waals surface area contributed by atoms with Gasteiger partial charge in [0.15, 0.2) is 9.84 Å². The summed E-state index contributed by atoms with van der Waals surface area (Å²) in [4.78, 5) is 16.6. The standard InChI is InChI=1S/C15H24N2O4S/c1-12(22(3,19)20)15(18)17(11-14-5-4-10-21-14)13-6-8-16(2)9-7-13/h4-5,10,12-13H,6-9,11H2,1-3H3/t12-/m0/s1. The number of hydrogen-bond acceptors (Lipinski definition) is 5. The monoisotopic (exact) mass is 328 g/mol. The van der Waals surface area contributed by atoms with Crippen molar-refractivity contribution in [1.82, 2.24) is 9.80 Å². The van der Waals surface area contributed by atoms with E-state index < -0.39 is 15.1 Å². The minimum atomic E-state index is -3.41. The minimum Gasteiger partial charge on any atom is -0.467 e. The van der Waals surface area contributed by atoms with Crippen molar-refractivity contribution in [3.8, 4) is 0 Å². The third-order valence-corrected chi connectivity index (χ3v) is 5.79. The van der Waals surface area contributed by atoms with Gasteiger partial charge in [-0.1, -0.05) is 0 Å². The maximum atomic E-state index is 12.7. The predicted octanol–water partition coefficient (Wildman–Crippen LogP) is 1.14. The molecule has 1 fully saturated rings. The topological polar surface area (TPSA) is 70.8 Å². The summed E-state index contributed by atoms with van der Waals surface area (Å²) >= 11 is 0. The first-order chi connectivity index (χ1) is 10.3. The van der Waals surface area contributed by atoms with Crippen LogP contribution in [0.15, 0.2) is 22.8 Å². The molecule has 1 aliphatic rings. The molecule has 0 saturated carbocycles. The van der Waals surface area contributed by atoms with Crippen molar-refractivity contribution in [2.24, 2.45) is 0 Å². The Hall–Kier alpha value is -1.34. The molecule has 124 valence electrons. The number of carbonyl (C=O) groups excluding carboxylic acids is 1. The Morgan fingerprint density at radius 1 is 1.45 bits per heavy atom. The highest BCUT2D eigenvalue weighted by molar-refractivity contribution is 7.92. The SMILES string of the molecule is C[C@@H](C(=O)N(Cc1ccco1)C1CCN(C)CC1)S(C)(=O)=O. The second kappa shape index (κ2) is 6.83. The lowest BCUT2D eigenvalue weighted by Crippen LogP contribution is -2.50. The van der Waals surface area contributed by atoms with E-state index in [2.05, 4.69) is 4.90 Å². The van der Waals surface area contributed by atoms with Gasteiger partial charge in [-0.25, -0.2) is 8.42 Å². The van der Waals surface area contributed by atoms with Crippen LogP contribution < -0.4 is 0 Å². The molecule has 7 heteroatoms. The first-order valence-electron chi connectivity index (χ1n) is 7.49. The molecule has 0 N–H and O–H groups in total. The van der Waals surface area contributed by atoms with E-state index in [9.17, 15) is 13.2 Å². The highest BCUT2D eigenvalue weighted by Gasteiger charge is 2.34. The molecular weight excluding hydrogens is 304 g/mol. The lowest BCUT2D eigenvalue weighted by Gasteiger charge is -2.37. The molecular formula is C15H24N2O4S. The highest BCUT2D eigenvalue weighted by Crippen LogP contribution is 2.21. The van der Waals surface area contributed by atoms with Crippen molar-refractivity contribution >= 4 is 15.7 Å². The van der Waals surface area contributed by atoms with Gasteiger partial charge in [-0.3, -0.25) is 4.79 Å². The van der Waals surface area contributed by atoms with Gasteiger partial charge in [0.1, 0.15) is 11.0 Å². The van der Waals surface area contributed by atoms with Crippen molar-refractivity contribution in [3.05, 3.63) is 24.2 Å². The maximum absolute atomic E-state index is 12.7. The van der Waals surface area contributed by atoms with Crippen LogP contribution in [0.5, 0.6) is 0 Å². The lowest BCUT2D eigenvalue weighted by atomic mass is 10.0. The zero-order valence-corrected chi connectivity index (χ0v) is 14.2. The maximum Gasteiger partial charge on any atom is 0.241 e. The number of nitrogens with zero attached hydrogens (tertiary/aromatic N) is 2. The van der Waals surface area contributed by atoms with E-state index in [0.717, 1.165) is 32.2 Å². The molecule has 1 aliphatic heterocycles. The molecule has 6 nitrogen and oxygen atoms in total. The van der Waals surface area contributed by atoms with Crippen LogP contribution in [0.2, 0.25) is 0 Å². The van der Waals surface area contributed by atoms with Crippen LogP contribution in [0.25, 0.3) is 0 Å². The summed E-state index contributed by atoms with van der Waals surface area (Å²) in [5.74, 6) is 0.335. The molecule has 0 bridgehead atoms. The Balaban J connectivity index is 2.19. The fourth-order valence-electron chi connectivity index (χ4n) is 2.68. The van der Waals surface area contributed by atoms with Gasteiger partial charge in [0.25, 0.3) is 0 Å². The summed E-state index contributed by atoms with van der Waals surface area (Å²) in [5.41, 5.74) is 0. The quantitative estimate of drug-likeness (QED) is 0.810. The second-order valence-electron chi connectivity index (χ2n) is 6.05. The zero-order valence-electron chi connectivity index (χ0n) is 13.4. The number of furan rings is 1. The molecule has 0 aliphatic carbocycles.